The molecule has 1 fully saturated rings. The van der Waals surface area contributed by atoms with E-state index in [0.29, 0.717) is 0 Å². The molecule has 3 aromatic carbocycles. The number of thiazole rings is 7. The monoisotopic (exact) mass is 1600 g/mol. The quantitative estimate of drug-likeness (QED) is 0.168. The molecule has 1 saturated carbocycles. The molecular weight excluding hydrogens is 1460 g/mol. The second kappa shape index (κ2) is 43.4. The lowest BCUT2D eigenvalue weighted by molar-refractivity contribution is 0.245. The first kappa shape index (κ1) is 97.3. The summed E-state index contributed by atoms with van der Waals surface area (Å²) in [6.45, 7) is 74.1. The summed E-state index contributed by atoms with van der Waals surface area (Å²) < 4.78 is 3.85. The molecule has 1 aliphatic carbocycles. The normalized spacial score (nSPS) is 14.4. The highest BCUT2D eigenvalue weighted by molar-refractivity contribution is 7.19. The van der Waals surface area contributed by atoms with Crippen molar-refractivity contribution < 1.29 is 0 Å². The van der Waals surface area contributed by atoms with Crippen LogP contribution in [0.15, 0.2) is 91.1 Å². The highest BCUT2D eigenvalue weighted by Gasteiger charge is 2.31. The fourth-order valence-electron chi connectivity index (χ4n) is 10.5. The summed E-state index contributed by atoms with van der Waals surface area (Å²) >= 11 is 12.8. The molecule has 0 amide bonds. The fraction of sp³-hybridized carbons (Fsp3) is 0.600. The second-order valence-corrected chi connectivity index (χ2v) is 41.1. The lowest BCUT2D eigenvalue weighted by atomic mass is 9.98. The van der Waals surface area contributed by atoms with Crippen LogP contribution in [0.1, 0.15) is 302 Å². The highest BCUT2D eigenvalue weighted by Crippen LogP contribution is 2.39. The Bertz CT molecular complexity index is 3880. The Morgan fingerprint density at radius 3 is 0.954 bits per heavy atom. The van der Waals surface area contributed by atoms with E-state index in [2.05, 4.69) is 254 Å². The van der Waals surface area contributed by atoms with Gasteiger partial charge in [0.05, 0.1) is 77.8 Å². The van der Waals surface area contributed by atoms with Crippen LogP contribution in [0.2, 0.25) is 0 Å². The Labute approximate surface area is 685 Å². The first-order valence-electron chi connectivity index (χ1n) is 39.2. The molecule has 4 aliphatic rings. The summed E-state index contributed by atoms with van der Waals surface area (Å²) in [6, 6.07) is 28.8. The molecule has 0 N–H and O–H groups in total. The van der Waals surface area contributed by atoms with Crippen LogP contribution in [-0.4, -0.2) is 94.3 Å². The van der Waals surface area contributed by atoms with E-state index < -0.39 is 0 Å². The predicted octanol–water partition coefficient (Wildman–Crippen LogP) is 27.6. The van der Waals surface area contributed by atoms with E-state index in [4.69, 9.17) is 15.0 Å². The maximum Gasteiger partial charge on any atom is 0.143 e. The first-order chi connectivity index (χ1) is 49.8. The van der Waals surface area contributed by atoms with E-state index in [1.54, 1.807) is 45.3 Å². The zero-order chi connectivity index (χ0) is 79.3. The number of benzene rings is 3. The van der Waals surface area contributed by atoms with Gasteiger partial charge in [-0.25, -0.2) is 39.9 Å². The minimum atomic E-state index is 0. The minimum absolute atomic E-state index is 0. The van der Waals surface area contributed by atoms with E-state index >= 15 is 0 Å². The molecule has 3 aliphatic heterocycles. The molecule has 0 atom stereocenters. The van der Waals surface area contributed by atoms with E-state index in [-0.39, 0.29) is 52.8 Å². The Balaban J connectivity index is 0.000000321. The van der Waals surface area contributed by atoms with Crippen molar-refractivity contribution in [3.05, 3.63) is 158 Å². The van der Waals surface area contributed by atoms with Gasteiger partial charge in [0, 0.05) is 124 Å². The number of rotatable bonds is 3. The molecule has 0 radical (unpaired) electrons. The fourth-order valence-corrected chi connectivity index (χ4v) is 18.2. The molecule has 0 unspecified atom stereocenters. The number of fused-ring (bicyclic) bond motifs is 7. The summed E-state index contributed by atoms with van der Waals surface area (Å²) in [5, 5.41) is 8.70. The zero-order valence-corrected chi connectivity index (χ0v) is 76.9. The molecule has 11 heterocycles. The van der Waals surface area contributed by atoms with Crippen LogP contribution in [0.4, 0.5) is 0 Å². The maximum atomic E-state index is 4.84. The molecule has 15 rings (SSSR count). The lowest BCUT2D eigenvalue weighted by Gasteiger charge is -2.25. The van der Waals surface area contributed by atoms with Gasteiger partial charge in [-0.2, -0.15) is 0 Å². The summed E-state index contributed by atoms with van der Waals surface area (Å²) in [6.07, 6.45) is 8.15. The second-order valence-electron chi connectivity index (χ2n) is 33.8. The van der Waals surface area contributed by atoms with Crippen molar-refractivity contribution in [2.24, 2.45) is 5.92 Å². The minimum Gasteiger partial charge on any atom is -0.301 e. The van der Waals surface area contributed by atoms with E-state index in [9.17, 15) is 0 Å². The number of hydrogen-bond acceptors (Lipinski definition) is 18. The zero-order valence-electron chi connectivity index (χ0n) is 71.2. The smallest absolute Gasteiger partial charge is 0.143 e. The highest BCUT2D eigenvalue weighted by atomic mass is 32.1. The number of aromatic nitrogens is 8. The van der Waals surface area contributed by atoms with Gasteiger partial charge >= 0.3 is 0 Å². The van der Waals surface area contributed by atoms with Gasteiger partial charge < -0.3 is 4.90 Å². The maximum absolute atomic E-state index is 4.84. The van der Waals surface area contributed by atoms with Gasteiger partial charge in [0.25, 0.3) is 0 Å². The van der Waals surface area contributed by atoms with Gasteiger partial charge in [0.2, 0.25) is 0 Å². The third-order valence-corrected chi connectivity index (χ3v) is 27.1. The molecule has 0 spiro atoms. The standard InChI is InChI=1S/C14H22N2S.C12H20N2S.C11H18N2S.3C11H13NS.C10H12N2S.4C2H6.2CH4/c1-14(2,3)13-15-11-6-7-16(8-10-4-5-10)9-12(11)17-13;1-5-14-7-6-9-10(8-14)15-11(13-9)12(2,3)4;1-11(2,3)10-12-8-5-6-13(4)7-9(8)14-10;3*1-11(2,3)10-12-8-6-4-5-7-9(8)13-10;1-10(2,3)9-12-7-5-4-6-11-8(7)13-9;4*1-2;;/h10H,4-9H2,1-3H3;5-8H2,1-4H3;5-7H2,1-4H3;3*4-7H,1-3H3;4-6H,1-3H3;4*1-2H3;2*1H4. The Morgan fingerprint density at radius 1 is 0.343 bits per heavy atom. The van der Waals surface area contributed by atoms with Crippen molar-refractivity contribution in [3.63, 3.8) is 0 Å². The topological polar surface area (TPSA) is 113 Å². The summed E-state index contributed by atoms with van der Waals surface area (Å²) in [7, 11) is 2.18. The Hall–Kier alpha value is -4.86. The SMILES string of the molecule is C.C.CC.CC.CC.CC.CC(C)(C)c1nc2c(s1)CN(CC1CC1)CC2.CC(C)(C)c1nc2ccccc2s1.CC(C)(C)c1nc2ccccc2s1.CC(C)(C)c1nc2ccccc2s1.CC(C)(C)c1nc2cccnc2s1.CCN1CCc2nc(C(C)(C)C)sc2C1.CN1CCc2nc(C(C)(C)C)sc2C1. The van der Waals surface area contributed by atoms with Crippen molar-refractivity contribution in [2.75, 3.05) is 39.8 Å². The number of likely N-dealkylation sites (N-methyl/N-ethyl adjacent to an activating group) is 2. The van der Waals surface area contributed by atoms with Crippen molar-refractivity contribution in [2.45, 2.75) is 312 Å². The van der Waals surface area contributed by atoms with Crippen LogP contribution >= 0.6 is 79.4 Å². The molecule has 18 heteroatoms. The molecule has 0 bridgehead atoms. The lowest BCUT2D eigenvalue weighted by Crippen LogP contribution is -2.31. The van der Waals surface area contributed by atoms with Gasteiger partial charge in [-0.3, -0.25) is 9.80 Å². The van der Waals surface area contributed by atoms with Crippen LogP contribution in [-0.2, 0) is 76.8 Å². The van der Waals surface area contributed by atoms with E-state index in [0.717, 1.165) is 89.8 Å². The van der Waals surface area contributed by atoms with Crippen LogP contribution in [0, 0.1) is 5.92 Å². The summed E-state index contributed by atoms with van der Waals surface area (Å²) in [5.41, 5.74) is 9.73. The molecule has 600 valence electrons. The molecule has 11 nitrogen and oxygen atoms in total. The predicted molar refractivity (Wildman–Crippen MR) is 489 cm³/mol. The first-order valence-corrected chi connectivity index (χ1v) is 44.9. The van der Waals surface area contributed by atoms with E-state index in [1.165, 1.54) is 108 Å². The molecule has 108 heavy (non-hydrogen) atoms. The largest absolute Gasteiger partial charge is 0.301 e. The molecular formula is C90H143N11S7. The molecule has 8 aromatic heterocycles. The Kier molecular flexibility index (Phi) is 39.1. The van der Waals surface area contributed by atoms with Gasteiger partial charge in [0.15, 0.2) is 0 Å². The number of para-hydroxylation sites is 3. The van der Waals surface area contributed by atoms with E-state index in [1.807, 2.05) is 126 Å². The van der Waals surface area contributed by atoms with Crippen LogP contribution < -0.4 is 0 Å². The summed E-state index contributed by atoms with van der Waals surface area (Å²) in [4.78, 5) is 50.0. The van der Waals surface area contributed by atoms with Crippen molar-refractivity contribution in [3.8, 4) is 0 Å². The van der Waals surface area contributed by atoms with Crippen molar-refractivity contribution in [1.29, 1.82) is 0 Å². The average Bonchev–Trinajstić information content (AvgIpc) is 1.69. The van der Waals surface area contributed by atoms with Crippen molar-refractivity contribution in [1.82, 2.24) is 54.6 Å². The van der Waals surface area contributed by atoms with Gasteiger partial charge in [-0.05, 0) is 80.9 Å². The third kappa shape index (κ3) is 29.6. The van der Waals surface area contributed by atoms with Crippen LogP contribution in [0.5, 0.6) is 0 Å². The third-order valence-electron chi connectivity index (χ3n) is 16.7. The number of hydrogen-bond donors (Lipinski definition) is 0. The van der Waals surface area contributed by atoms with Gasteiger partial charge in [0.1, 0.15) is 15.4 Å². The Morgan fingerprint density at radius 2 is 0.630 bits per heavy atom. The molecule has 0 saturated heterocycles. The van der Waals surface area contributed by atoms with Crippen molar-refractivity contribution >= 4 is 120 Å². The van der Waals surface area contributed by atoms with Crippen LogP contribution in [0.25, 0.3) is 41.0 Å². The average molecular weight is 1600 g/mol. The van der Waals surface area contributed by atoms with Crippen LogP contribution in [0.3, 0.4) is 0 Å². The van der Waals surface area contributed by atoms with Gasteiger partial charge in [-0.15, -0.1) is 68.0 Å². The number of nitrogens with zero attached hydrogens (tertiary/aromatic N) is 11. The molecule has 11 aromatic rings. The van der Waals surface area contributed by atoms with Gasteiger partial charge in [-0.1, -0.05) is 270 Å². The number of pyridine rings is 1. The summed E-state index contributed by atoms with van der Waals surface area (Å²) in [5.74, 6) is 1.01.